The van der Waals surface area contributed by atoms with Crippen molar-refractivity contribution in [1.29, 1.82) is 0 Å². The Labute approximate surface area is 230 Å². The van der Waals surface area contributed by atoms with Gasteiger partial charge < -0.3 is 19.7 Å². The Morgan fingerprint density at radius 3 is 2.34 bits per heavy atom. The topological polar surface area (TPSA) is 76.0 Å². The number of hydrogen-bond donors (Lipinski definition) is 2. The Morgan fingerprint density at radius 2 is 1.66 bits per heavy atom. The molecule has 5 fully saturated rings. The van der Waals surface area contributed by atoms with Crippen LogP contribution in [0, 0.1) is 56.7 Å². The molecule has 0 amide bonds. The fourth-order valence-electron chi connectivity index (χ4n) is 11.9. The van der Waals surface area contributed by atoms with Gasteiger partial charge in [-0.15, -0.1) is 0 Å². The highest BCUT2D eigenvalue weighted by molar-refractivity contribution is 5.76. The van der Waals surface area contributed by atoms with Gasteiger partial charge in [0.05, 0.1) is 24.2 Å². The first-order valence-corrected chi connectivity index (χ1v) is 15.5. The van der Waals surface area contributed by atoms with E-state index in [-0.39, 0.29) is 33.7 Å². The highest BCUT2D eigenvalue weighted by Crippen LogP contribution is 2.76. The predicted octanol–water partition coefficient (Wildman–Crippen LogP) is 6.83. The van der Waals surface area contributed by atoms with Crippen molar-refractivity contribution in [2.75, 3.05) is 6.61 Å². The third-order valence-electron chi connectivity index (χ3n) is 14.3. The number of carboxylic acid groups (broad SMARTS) is 1. The molecule has 2 N–H and O–H groups in total. The Bertz CT molecular complexity index is 1050. The van der Waals surface area contributed by atoms with Gasteiger partial charge in [-0.1, -0.05) is 53.2 Å². The van der Waals surface area contributed by atoms with E-state index in [1.807, 2.05) is 13.8 Å². The second-order valence-corrected chi connectivity index (χ2v) is 16.1. The van der Waals surface area contributed by atoms with Crippen molar-refractivity contribution in [2.45, 2.75) is 125 Å². The van der Waals surface area contributed by atoms with Gasteiger partial charge in [0.25, 0.3) is 0 Å². The van der Waals surface area contributed by atoms with E-state index < -0.39 is 23.3 Å². The maximum atomic E-state index is 12.9. The van der Waals surface area contributed by atoms with E-state index in [0.717, 1.165) is 51.4 Å². The Balaban J connectivity index is 1.42. The maximum Gasteiger partial charge on any atom is 0.310 e. The van der Waals surface area contributed by atoms with Crippen LogP contribution >= 0.6 is 0 Å². The van der Waals surface area contributed by atoms with Crippen molar-refractivity contribution in [3.05, 3.63) is 11.6 Å². The molecule has 0 spiro atoms. The largest absolute Gasteiger partial charge is 0.481 e. The van der Waals surface area contributed by atoms with E-state index in [1.54, 1.807) is 0 Å². The van der Waals surface area contributed by atoms with Crippen molar-refractivity contribution in [3.63, 3.8) is 0 Å². The molecule has 5 aliphatic carbocycles. The average molecular weight is 529 g/mol. The number of hydrogen-bond acceptors (Lipinski definition) is 4. The van der Waals surface area contributed by atoms with Crippen LogP contribution in [0.2, 0.25) is 0 Å². The second kappa shape index (κ2) is 8.10. The predicted molar refractivity (Wildman–Crippen MR) is 147 cm³/mol. The van der Waals surface area contributed by atoms with Crippen molar-refractivity contribution < 1.29 is 24.5 Å². The van der Waals surface area contributed by atoms with Crippen LogP contribution in [0.15, 0.2) is 11.6 Å². The maximum absolute atomic E-state index is 12.9. The SMILES string of the molecule is C[C@H]1[C@H](C)CC[C@]2(C(=O)O)CC[C@]3(C)C(=CC[C@@H]4[C@@]5(C)C[C@@H](O)[C@@H]6OC(C)(C)OC[C@@]6(C)[C@@H]5CC[C@]43C)[C@H]12. The molecule has 1 aliphatic heterocycles. The number of rotatable bonds is 1. The highest BCUT2D eigenvalue weighted by atomic mass is 16.7. The molecule has 0 unspecified atom stereocenters. The summed E-state index contributed by atoms with van der Waals surface area (Å²) in [5, 5.41) is 22.2. The van der Waals surface area contributed by atoms with Gasteiger partial charge in [0, 0.05) is 5.41 Å². The lowest BCUT2D eigenvalue weighted by molar-refractivity contribution is -0.368. The molecule has 214 valence electrons. The quantitative estimate of drug-likeness (QED) is 0.365. The molecule has 0 aromatic carbocycles. The molecule has 5 heteroatoms. The number of fused-ring (bicyclic) bond motifs is 9. The van der Waals surface area contributed by atoms with Crippen molar-refractivity contribution in [3.8, 4) is 0 Å². The third kappa shape index (κ3) is 3.19. The van der Waals surface area contributed by atoms with Crippen molar-refractivity contribution >= 4 is 5.97 Å². The van der Waals surface area contributed by atoms with Gasteiger partial charge in [0.1, 0.15) is 0 Å². The van der Waals surface area contributed by atoms with Gasteiger partial charge in [0.15, 0.2) is 5.79 Å². The summed E-state index contributed by atoms with van der Waals surface area (Å²) in [5.41, 5.74) is 0.690. The van der Waals surface area contributed by atoms with Crippen LogP contribution in [0.4, 0.5) is 0 Å². The van der Waals surface area contributed by atoms with E-state index in [1.165, 1.54) is 5.57 Å². The molecule has 5 nitrogen and oxygen atoms in total. The van der Waals surface area contributed by atoms with Gasteiger partial charge in [-0.25, -0.2) is 0 Å². The van der Waals surface area contributed by atoms with E-state index in [9.17, 15) is 15.0 Å². The molecule has 1 heterocycles. The lowest BCUT2D eigenvalue weighted by atomic mass is 9.33. The van der Waals surface area contributed by atoms with E-state index in [0.29, 0.717) is 30.3 Å². The number of aliphatic hydroxyl groups excluding tert-OH is 1. The molecule has 0 aromatic rings. The average Bonchev–Trinajstić information content (AvgIpc) is 2.82. The minimum atomic E-state index is -0.662. The minimum Gasteiger partial charge on any atom is -0.481 e. The number of allylic oxidation sites excluding steroid dienone is 2. The van der Waals surface area contributed by atoms with Crippen molar-refractivity contribution in [2.24, 2.45) is 56.7 Å². The summed E-state index contributed by atoms with van der Waals surface area (Å²) in [7, 11) is 0. The number of carbonyl (C=O) groups is 1. The van der Waals surface area contributed by atoms with E-state index >= 15 is 0 Å². The summed E-state index contributed by atoms with van der Waals surface area (Å²) < 4.78 is 12.7. The van der Waals surface area contributed by atoms with Crippen LogP contribution in [0.25, 0.3) is 0 Å². The van der Waals surface area contributed by atoms with Gasteiger partial charge in [-0.2, -0.15) is 0 Å². The molecule has 1 saturated heterocycles. The van der Waals surface area contributed by atoms with Gasteiger partial charge in [-0.05, 0) is 111 Å². The van der Waals surface area contributed by atoms with Crippen LogP contribution in [0.3, 0.4) is 0 Å². The van der Waals surface area contributed by atoms with Gasteiger partial charge >= 0.3 is 5.97 Å². The molecule has 12 atom stereocenters. The summed E-state index contributed by atoms with van der Waals surface area (Å²) in [5.74, 6) is 0.702. The number of aliphatic carboxylic acids is 1. The molecule has 0 radical (unpaired) electrons. The standard InChI is InChI=1S/C33H52O5/c1-19-11-14-33(27(35)36)16-15-31(7)21(25(33)20(19)2)9-10-24-29(5)17-22(34)26-30(6,18-37-28(3,4)38-26)23(29)12-13-32(24,31)8/h9,19-20,22-26,34H,10-18H2,1-8H3,(H,35,36)/t19-,20+,22-,23-,24-,25+,26+,29+,30+,31-,32-,33+/m1/s1. The lowest BCUT2D eigenvalue weighted by Crippen LogP contribution is -2.70. The highest BCUT2D eigenvalue weighted by Gasteiger charge is 2.71. The van der Waals surface area contributed by atoms with Crippen LogP contribution < -0.4 is 0 Å². The molecular formula is C33H52O5. The Kier molecular flexibility index (Phi) is 5.81. The number of aliphatic hydroxyl groups is 1. The molecule has 0 bridgehead atoms. The summed E-state index contributed by atoms with van der Waals surface area (Å²) in [4.78, 5) is 12.9. The van der Waals surface area contributed by atoms with Crippen LogP contribution in [-0.2, 0) is 14.3 Å². The fourth-order valence-corrected chi connectivity index (χ4v) is 11.9. The van der Waals surface area contributed by atoms with Crippen molar-refractivity contribution in [1.82, 2.24) is 0 Å². The minimum absolute atomic E-state index is 0.0108. The van der Waals surface area contributed by atoms with Gasteiger partial charge in [0.2, 0.25) is 0 Å². The normalized spacial score (nSPS) is 57.3. The van der Waals surface area contributed by atoms with Crippen LogP contribution in [0.1, 0.15) is 107 Å². The molecule has 4 saturated carbocycles. The third-order valence-corrected chi connectivity index (χ3v) is 14.3. The van der Waals surface area contributed by atoms with Crippen LogP contribution in [-0.4, -0.2) is 40.8 Å². The van der Waals surface area contributed by atoms with E-state index in [4.69, 9.17) is 9.47 Å². The number of carboxylic acids is 1. The first-order chi connectivity index (χ1) is 17.6. The summed E-state index contributed by atoms with van der Waals surface area (Å²) in [6.07, 6.45) is 9.41. The molecule has 38 heavy (non-hydrogen) atoms. The first-order valence-electron chi connectivity index (χ1n) is 15.5. The Morgan fingerprint density at radius 1 is 0.947 bits per heavy atom. The van der Waals surface area contributed by atoms with E-state index in [2.05, 4.69) is 47.6 Å². The summed E-state index contributed by atoms with van der Waals surface area (Å²) in [6.45, 7) is 19.0. The lowest BCUT2D eigenvalue weighted by Gasteiger charge is -2.72. The molecule has 0 aromatic heterocycles. The van der Waals surface area contributed by atoms with Crippen LogP contribution in [0.5, 0.6) is 0 Å². The summed E-state index contributed by atoms with van der Waals surface area (Å²) >= 11 is 0. The molecular weight excluding hydrogens is 476 g/mol. The smallest absolute Gasteiger partial charge is 0.310 e. The monoisotopic (exact) mass is 528 g/mol. The zero-order valence-corrected chi connectivity index (χ0v) is 25.1. The molecule has 6 rings (SSSR count). The van der Waals surface area contributed by atoms with Gasteiger partial charge in [-0.3, -0.25) is 4.79 Å². The fraction of sp³-hybridized carbons (Fsp3) is 0.909. The number of ether oxygens (including phenoxy) is 2. The summed E-state index contributed by atoms with van der Waals surface area (Å²) in [6, 6.07) is 0. The second-order valence-electron chi connectivity index (χ2n) is 16.1. The first kappa shape index (κ1) is 27.3. The zero-order chi connectivity index (χ0) is 27.7. The zero-order valence-electron chi connectivity index (χ0n) is 25.1. The Hall–Kier alpha value is -0.910. The molecule has 6 aliphatic rings.